The molecule has 10 nitrogen and oxygen atoms in total. The van der Waals surface area contributed by atoms with Crippen LogP contribution in [0.1, 0.15) is 24.3 Å². The van der Waals surface area contributed by atoms with Gasteiger partial charge in [-0.15, -0.1) is 6.58 Å². The molecule has 0 spiro atoms. The maximum atomic E-state index is 13.3. The van der Waals surface area contributed by atoms with Crippen LogP contribution in [0.15, 0.2) is 95.3 Å². The zero-order valence-corrected chi connectivity index (χ0v) is 22.3. The molecule has 5 heterocycles. The number of anilines is 2. The Hall–Kier alpha value is -4.83. The van der Waals surface area contributed by atoms with Gasteiger partial charge in [-0.2, -0.15) is 4.98 Å². The molecule has 5 aromatic rings. The molecular weight excluding hydrogens is 504 g/mol. The first-order valence-corrected chi connectivity index (χ1v) is 13.3. The molecule has 10 heteroatoms. The Morgan fingerprint density at radius 1 is 1.00 bits per heavy atom. The van der Waals surface area contributed by atoms with Gasteiger partial charge in [0.1, 0.15) is 11.2 Å². The molecule has 0 radical (unpaired) electrons. The van der Waals surface area contributed by atoms with Crippen LogP contribution in [0.4, 0.5) is 11.6 Å². The van der Waals surface area contributed by atoms with Gasteiger partial charge in [0.05, 0.1) is 6.54 Å². The molecule has 0 saturated carbocycles. The number of piperidine rings is 1. The average molecular weight is 535 g/mol. The standard InChI is InChI=1S/C30H30N8O2/c1-3-15-37-29(40)24-20-31-30(32-23-9-6-8-22(19-23)21-13-17-35(2)18-14-21)34-28(24)38(37)26-11-7-10-25(33-26)36-16-5-4-12-27(36)39/h3-12,16,19-21H,1,13-15,17-18H2,2H3,(H,31,32,34). The van der Waals surface area contributed by atoms with Gasteiger partial charge in [-0.25, -0.2) is 19.3 Å². The van der Waals surface area contributed by atoms with Crippen molar-refractivity contribution in [1.82, 2.24) is 33.8 Å². The average Bonchev–Trinajstić information content (AvgIpc) is 3.24. The largest absolute Gasteiger partial charge is 0.324 e. The predicted octanol–water partition coefficient (Wildman–Crippen LogP) is 3.87. The molecule has 0 atom stereocenters. The number of rotatable bonds is 7. The summed E-state index contributed by atoms with van der Waals surface area (Å²) in [6.07, 6.45) is 7.10. The first-order valence-electron chi connectivity index (χ1n) is 13.3. The van der Waals surface area contributed by atoms with E-state index in [-0.39, 0.29) is 17.7 Å². The summed E-state index contributed by atoms with van der Waals surface area (Å²) in [5.74, 6) is 1.76. The van der Waals surface area contributed by atoms with E-state index in [1.54, 1.807) is 47.3 Å². The highest BCUT2D eigenvalue weighted by Gasteiger charge is 2.20. The number of allylic oxidation sites excluding steroid dienone is 1. The molecular formula is C30H30N8O2. The van der Waals surface area contributed by atoms with E-state index in [1.807, 2.05) is 12.1 Å². The lowest BCUT2D eigenvalue weighted by atomic mass is 9.89. The van der Waals surface area contributed by atoms with Crippen LogP contribution in [0.3, 0.4) is 0 Å². The van der Waals surface area contributed by atoms with Gasteiger partial charge in [-0.3, -0.25) is 14.2 Å². The third kappa shape index (κ3) is 4.85. The van der Waals surface area contributed by atoms with E-state index in [0.29, 0.717) is 34.5 Å². The van der Waals surface area contributed by atoms with Gasteiger partial charge in [0.15, 0.2) is 11.5 Å². The van der Waals surface area contributed by atoms with Crippen LogP contribution in [0.5, 0.6) is 0 Å². The van der Waals surface area contributed by atoms with Crippen LogP contribution in [-0.4, -0.2) is 53.9 Å². The smallest absolute Gasteiger partial charge is 0.278 e. The summed E-state index contributed by atoms with van der Waals surface area (Å²) in [5, 5.41) is 3.68. The number of aromatic nitrogens is 6. The zero-order valence-electron chi connectivity index (χ0n) is 22.3. The summed E-state index contributed by atoms with van der Waals surface area (Å²) in [6, 6.07) is 18.6. The summed E-state index contributed by atoms with van der Waals surface area (Å²) < 4.78 is 4.61. The van der Waals surface area contributed by atoms with E-state index in [9.17, 15) is 9.59 Å². The molecule has 1 N–H and O–H groups in total. The zero-order chi connectivity index (χ0) is 27.6. The van der Waals surface area contributed by atoms with E-state index in [2.05, 4.69) is 41.0 Å². The van der Waals surface area contributed by atoms with Crippen molar-refractivity contribution in [3.05, 3.63) is 112 Å². The van der Waals surface area contributed by atoms with E-state index < -0.39 is 0 Å². The van der Waals surface area contributed by atoms with Gasteiger partial charge in [0.2, 0.25) is 5.95 Å². The molecule has 1 fully saturated rings. The van der Waals surface area contributed by atoms with Crippen molar-refractivity contribution < 1.29 is 0 Å². The summed E-state index contributed by atoms with van der Waals surface area (Å²) in [6.45, 7) is 6.24. The highest BCUT2D eigenvalue weighted by atomic mass is 16.1. The van der Waals surface area contributed by atoms with E-state index in [1.165, 1.54) is 27.1 Å². The highest BCUT2D eigenvalue weighted by Crippen LogP contribution is 2.29. The number of nitrogens with one attached hydrogen (secondary N) is 1. The Kier molecular flexibility index (Phi) is 6.83. The molecule has 1 saturated heterocycles. The lowest BCUT2D eigenvalue weighted by Crippen LogP contribution is -2.29. The van der Waals surface area contributed by atoms with Crippen molar-refractivity contribution in [1.29, 1.82) is 0 Å². The minimum atomic E-state index is -0.255. The summed E-state index contributed by atoms with van der Waals surface area (Å²) >= 11 is 0. The van der Waals surface area contributed by atoms with E-state index in [0.717, 1.165) is 31.6 Å². The number of pyridine rings is 2. The molecule has 0 amide bonds. The molecule has 1 aliphatic rings. The highest BCUT2D eigenvalue weighted by molar-refractivity contribution is 5.77. The molecule has 202 valence electrons. The molecule has 1 aromatic carbocycles. The number of fused-ring (bicyclic) bond motifs is 1. The van der Waals surface area contributed by atoms with Crippen LogP contribution in [-0.2, 0) is 6.54 Å². The van der Waals surface area contributed by atoms with Gasteiger partial charge in [0, 0.05) is 24.1 Å². The topological polar surface area (TPSA) is 103 Å². The first kappa shape index (κ1) is 25.4. The fraction of sp³-hybridized carbons (Fsp3) is 0.233. The van der Waals surface area contributed by atoms with Gasteiger partial charge in [-0.1, -0.05) is 30.3 Å². The SMILES string of the molecule is C=CCn1c(=O)c2cnc(Nc3cccc(C4CCN(C)CC4)c3)nc2n1-c1cccc(-n2ccccc2=O)n1. The summed E-state index contributed by atoms with van der Waals surface area (Å²) in [4.78, 5) is 42.0. The minimum absolute atomic E-state index is 0.204. The number of likely N-dealkylation sites (tertiary alicyclic amines) is 1. The normalized spacial score (nSPS) is 14.4. The molecule has 40 heavy (non-hydrogen) atoms. The monoisotopic (exact) mass is 534 g/mol. The first-order chi connectivity index (χ1) is 19.5. The Morgan fingerprint density at radius 2 is 1.80 bits per heavy atom. The molecule has 6 rings (SSSR count). The number of hydrogen-bond donors (Lipinski definition) is 1. The van der Waals surface area contributed by atoms with Crippen LogP contribution in [0, 0.1) is 0 Å². The van der Waals surface area contributed by atoms with Crippen LogP contribution >= 0.6 is 0 Å². The van der Waals surface area contributed by atoms with Crippen molar-refractivity contribution in [3.63, 3.8) is 0 Å². The Labute approximate surface area is 230 Å². The van der Waals surface area contributed by atoms with Crippen molar-refractivity contribution in [3.8, 4) is 11.6 Å². The fourth-order valence-corrected chi connectivity index (χ4v) is 5.23. The third-order valence-corrected chi connectivity index (χ3v) is 7.32. The second kappa shape index (κ2) is 10.7. The molecule has 0 bridgehead atoms. The predicted molar refractivity (Wildman–Crippen MR) is 156 cm³/mol. The number of hydrogen-bond acceptors (Lipinski definition) is 7. The maximum Gasteiger partial charge on any atom is 0.278 e. The second-order valence-corrected chi connectivity index (χ2v) is 10.0. The Morgan fingerprint density at radius 3 is 2.60 bits per heavy atom. The molecule has 0 aliphatic carbocycles. The van der Waals surface area contributed by atoms with Crippen molar-refractivity contribution in [2.75, 3.05) is 25.5 Å². The van der Waals surface area contributed by atoms with E-state index in [4.69, 9.17) is 9.97 Å². The molecule has 1 aliphatic heterocycles. The lowest BCUT2D eigenvalue weighted by molar-refractivity contribution is 0.255. The number of nitrogens with zero attached hydrogens (tertiary/aromatic N) is 7. The van der Waals surface area contributed by atoms with Gasteiger partial charge >= 0.3 is 0 Å². The molecule has 0 unspecified atom stereocenters. The molecule has 4 aromatic heterocycles. The lowest BCUT2D eigenvalue weighted by Gasteiger charge is -2.29. The Balaban J connectivity index is 1.40. The van der Waals surface area contributed by atoms with Gasteiger partial charge < -0.3 is 10.2 Å². The van der Waals surface area contributed by atoms with Gasteiger partial charge in [0.25, 0.3) is 11.1 Å². The summed E-state index contributed by atoms with van der Waals surface area (Å²) in [7, 11) is 2.16. The maximum absolute atomic E-state index is 13.3. The third-order valence-electron chi connectivity index (χ3n) is 7.32. The fourth-order valence-electron chi connectivity index (χ4n) is 5.23. The van der Waals surface area contributed by atoms with Crippen LogP contribution < -0.4 is 16.4 Å². The quantitative estimate of drug-likeness (QED) is 0.316. The van der Waals surface area contributed by atoms with Crippen molar-refractivity contribution in [2.45, 2.75) is 25.3 Å². The van der Waals surface area contributed by atoms with Gasteiger partial charge in [-0.05, 0) is 74.8 Å². The number of benzene rings is 1. The van der Waals surface area contributed by atoms with Crippen LogP contribution in [0.25, 0.3) is 22.7 Å². The van der Waals surface area contributed by atoms with E-state index >= 15 is 0 Å². The van der Waals surface area contributed by atoms with Crippen molar-refractivity contribution in [2.24, 2.45) is 0 Å². The minimum Gasteiger partial charge on any atom is -0.324 e. The Bertz CT molecular complexity index is 1810. The van der Waals surface area contributed by atoms with Crippen molar-refractivity contribution >= 4 is 22.7 Å². The van der Waals surface area contributed by atoms with Crippen LogP contribution in [0.2, 0.25) is 0 Å². The second-order valence-electron chi connectivity index (χ2n) is 10.0. The summed E-state index contributed by atoms with van der Waals surface area (Å²) in [5.41, 5.74) is 2.13.